The standard InChI is InChI=1S/C15H26O5/c1-15(4-2-3-12-7-18-12,10-16-5-13-8-19-13)11-17-6-14-9-20-14/h12-14H,2-11H2,1H3. The van der Waals surface area contributed by atoms with Gasteiger partial charge in [0.25, 0.3) is 0 Å². The van der Waals surface area contributed by atoms with Crippen molar-refractivity contribution in [2.75, 3.05) is 46.2 Å². The van der Waals surface area contributed by atoms with Gasteiger partial charge >= 0.3 is 0 Å². The first-order chi connectivity index (χ1) is 9.73. The quantitative estimate of drug-likeness (QED) is 0.508. The molecule has 0 bridgehead atoms. The third kappa shape index (κ3) is 5.66. The molecule has 116 valence electrons. The second-order valence-corrected chi connectivity index (χ2v) is 6.60. The van der Waals surface area contributed by atoms with Crippen LogP contribution in [0.25, 0.3) is 0 Å². The number of rotatable bonds is 12. The minimum atomic E-state index is 0.0820. The molecular formula is C15H26O5. The van der Waals surface area contributed by atoms with E-state index in [4.69, 9.17) is 23.7 Å². The Balaban J connectivity index is 1.35. The lowest BCUT2D eigenvalue weighted by molar-refractivity contribution is -0.0247. The van der Waals surface area contributed by atoms with Crippen LogP contribution in [0.15, 0.2) is 0 Å². The third-order valence-electron chi connectivity index (χ3n) is 4.02. The van der Waals surface area contributed by atoms with Crippen LogP contribution in [-0.4, -0.2) is 64.6 Å². The summed E-state index contributed by atoms with van der Waals surface area (Å²) in [5, 5.41) is 0. The Morgan fingerprint density at radius 2 is 1.40 bits per heavy atom. The average Bonchev–Trinajstić information content (AvgIpc) is 3.24. The molecule has 0 aromatic heterocycles. The Hall–Kier alpha value is -0.200. The van der Waals surface area contributed by atoms with E-state index in [1.165, 1.54) is 6.42 Å². The van der Waals surface area contributed by atoms with Crippen LogP contribution in [0.5, 0.6) is 0 Å². The van der Waals surface area contributed by atoms with Crippen LogP contribution >= 0.6 is 0 Å². The molecule has 3 rings (SSSR count). The molecule has 3 saturated heterocycles. The van der Waals surface area contributed by atoms with Crippen molar-refractivity contribution in [1.82, 2.24) is 0 Å². The van der Waals surface area contributed by atoms with E-state index in [-0.39, 0.29) is 5.41 Å². The van der Waals surface area contributed by atoms with Gasteiger partial charge in [0.2, 0.25) is 0 Å². The zero-order chi connectivity index (χ0) is 13.8. The Bertz CT molecular complexity index is 251. The molecule has 0 saturated carbocycles. The van der Waals surface area contributed by atoms with E-state index in [2.05, 4.69) is 6.92 Å². The van der Waals surface area contributed by atoms with E-state index < -0.39 is 0 Å². The summed E-state index contributed by atoms with van der Waals surface area (Å²) >= 11 is 0. The smallest absolute Gasteiger partial charge is 0.104 e. The summed E-state index contributed by atoms with van der Waals surface area (Å²) in [4.78, 5) is 0. The van der Waals surface area contributed by atoms with Crippen LogP contribution in [0.1, 0.15) is 26.2 Å². The molecule has 0 N–H and O–H groups in total. The summed E-state index contributed by atoms with van der Waals surface area (Å²) in [6.07, 6.45) is 4.63. The van der Waals surface area contributed by atoms with Crippen LogP contribution in [0.2, 0.25) is 0 Å². The van der Waals surface area contributed by atoms with Gasteiger partial charge in [-0.15, -0.1) is 0 Å². The Labute approximate surface area is 120 Å². The zero-order valence-electron chi connectivity index (χ0n) is 12.3. The third-order valence-corrected chi connectivity index (χ3v) is 4.02. The minimum absolute atomic E-state index is 0.0820. The number of ether oxygens (including phenoxy) is 5. The molecule has 0 amide bonds. The topological polar surface area (TPSA) is 56.0 Å². The van der Waals surface area contributed by atoms with Crippen molar-refractivity contribution in [3.63, 3.8) is 0 Å². The van der Waals surface area contributed by atoms with Gasteiger partial charge in [0.1, 0.15) is 12.2 Å². The predicted octanol–water partition coefficient (Wildman–Crippen LogP) is 1.39. The van der Waals surface area contributed by atoms with Gasteiger partial charge in [0.05, 0.1) is 52.4 Å². The molecule has 3 aliphatic heterocycles. The first-order valence-electron chi connectivity index (χ1n) is 7.74. The van der Waals surface area contributed by atoms with Crippen molar-refractivity contribution in [3.05, 3.63) is 0 Å². The maximum atomic E-state index is 5.80. The summed E-state index contributed by atoms with van der Waals surface area (Å²) < 4.78 is 27.2. The Morgan fingerprint density at radius 1 is 0.900 bits per heavy atom. The first kappa shape index (κ1) is 14.7. The molecule has 3 fully saturated rings. The monoisotopic (exact) mass is 286 g/mol. The molecule has 3 heterocycles. The fraction of sp³-hybridized carbons (Fsp3) is 1.00. The molecule has 3 unspecified atom stereocenters. The second-order valence-electron chi connectivity index (χ2n) is 6.60. The van der Waals surface area contributed by atoms with Gasteiger partial charge in [-0.2, -0.15) is 0 Å². The average molecular weight is 286 g/mol. The van der Waals surface area contributed by atoms with E-state index in [0.29, 0.717) is 31.5 Å². The molecule has 0 radical (unpaired) electrons. The van der Waals surface area contributed by atoms with E-state index >= 15 is 0 Å². The predicted molar refractivity (Wildman–Crippen MR) is 72.8 cm³/mol. The SMILES string of the molecule is CC(CCCC1CO1)(COCC1CO1)COCC1CO1. The lowest BCUT2D eigenvalue weighted by atomic mass is 9.86. The van der Waals surface area contributed by atoms with Crippen LogP contribution in [0.4, 0.5) is 0 Å². The van der Waals surface area contributed by atoms with Crippen LogP contribution in [0.3, 0.4) is 0 Å². The minimum Gasteiger partial charge on any atom is -0.378 e. The summed E-state index contributed by atoms with van der Waals surface area (Å²) in [7, 11) is 0. The Morgan fingerprint density at radius 3 is 1.85 bits per heavy atom. The van der Waals surface area contributed by atoms with Crippen LogP contribution in [0, 0.1) is 5.41 Å². The normalized spacial score (nSPS) is 33.8. The van der Waals surface area contributed by atoms with E-state index in [1.54, 1.807) is 0 Å². The lowest BCUT2D eigenvalue weighted by Gasteiger charge is -2.29. The molecule has 5 nitrogen and oxygen atoms in total. The fourth-order valence-corrected chi connectivity index (χ4v) is 2.38. The van der Waals surface area contributed by atoms with Crippen LogP contribution in [-0.2, 0) is 23.7 Å². The van der Waals surface area contributed by atoms with Gasteiger partial charge in [-0.05, 0) is 12.8 Å². The molecule has 3 atom stereocenters. The maximum Gasteiger partial charge on any atom is 0.104 e. The van der Waals surface area contributed by atoms with E-state index in [9.17, 15) is 0 Å². The van der Waals surface area contributed by atoms with Gasteiger partial charge in [-0.1, -0.05) is 13.3 Å². The van der Waals surface area contributed by atoms with Crippen molar-refractivity contribution >= 4 is 0 Å². The summed E-state index contributed by atoms with van der Waals surface area (Å²) in [5.74, 6) is 0. The van der Waals surface area contributed by atoms with Crippen molar-refractivity contribution in [2.45, 2.75) is 44.5 Å². The van der Waals surface area contributed by atoms with Gasteiger partial charge in [-0.25, -0.2) is 0 Å². The molecular weight excluding hydrogens is 260 g/mol. The molecule has 0 aliphatic carbocycles. The molecule has 3 aliphatic rings. The van der Waals surface area contributed by atoms with E-state index in [0.717, 1.165) is 45.9 Å². The first-order valence-corrected chi connectivity index (χ1v) is 7.74. The molecule has 0 aromatic rings. The van der Waals surface area contributed by atoms with E-state index in [1.807, 2.05) is 0 Å². The zero-order valence-corrected chi connectivity index (χ0v) is 12.3. The molecule has 0 aromatic carbocycles. The van der Waals surface area contributed by atoms with Crippen molar-refractivity contribution in [2.24, 2.45) is 5.41 Å². The Kier molecular flexibility index (Phi) is 4.94. The van der Waals surface area contributed by atoms with Crippen LogP contribution < -0.4 is 0 Å². The number of hydrogen-bond acceptors (Lipinski definition) is 5. The lowest BCUT2D eigenvalue weighted by Crippen LogP contribution is -2.31. The van der Waals surface area contributed by atoms with Gasteiger partial charge < -0.3 is 23.7 Å². The second kappa shape index (κ2) is 6.71. The van der Waals surface area contributed by atoms with Gasteiger partial charge in [0.15, 0.2) is 0 Å². The van der Waals surface area contributed by atoms with Crippen molar-refractivity contribution in [1.29, 1.82) is 0 Å². The fourth-order valence-electron chi connectivity index (χ4n) is 2.38. The highest BCUT2D eigenvalue weighted by Crippen LogP contribution is 2.28. The number of hydrogen-bond donors (Lipinski definition) is 0. The molecule has 0 spiro atoms. The maximum absolute atomic E-state index is 5.80. The van der Waals surface area contributed by atoms with Crippen molar-refractivity contribution < 1.29 is 23.7 Å². The summed E-state index contributed by atoms with van der Waals surface area (Å²) in [6.45, 7) is 7.81. The number of epoxide rings is 3. The summed E-state index contributed by atoms with van der Waals surface area (Å²) in [5.41, 5.74) is 0.0820. The largest absolute Gasteiger partial charge is 0.378 e. The highest BCUT2D eigenvalue weighted by molar-refractivity contribution is 4.78. The highest BCUT2D eigenvalue weighted by atomic mass is 16.6. The molecule has 5 heteroatoms. The summed E-state index contributed by atoms with van der Waals surface area (Å²) in [6, 6.07) is 0. The highest BCUT2D eigenvalue weighted by Gasteiger charge is 2.31. The van der Waals surface area contributed by atoms with Gasteiger partial charge in [0, 0.05) is 5.41 Å². The van der Waals surface area contributed by atoms with Crippen molar-refractivity contribution in [3.8, 4) is 0 Å². The van der Waals surface area contributed by atoms with Gasteiger partial charge in [-0.3, -0.25) is 0 Å². The molecule has 20 heavy (non-hydrogen) atoms.